The first-order valence-electron chi connectivity index (χ1n) is 10.1. The number of hydrogen-bond acceptors (Lipinski definition) is 6. The minimum atomic E-state index is -0.649. The molecule has 1 N–H and O–H groups in total. The molecule has 2 heterocycles. The number of nitrogens with zero attached hydrogens (tertiary/aromatic N) is 2. The highest BCUT2D eigenvalue weighted by Crippen LogP contribution is 2.32. The number of anilines is 1. The van der Waals surface area contributed by atoms with Crippen molar-refractivity contribution in [2.24, 2.45) is 0 Å². The van der Waals surface area contributed by atoms with Gasteiger partial charge < -0.3 is 4.42 Å². The van der Waals surface area contributed by atoms with E-state index in [-0.39, 0.29) is 27.9 Å². The van der Waals surface area contributed by atoms with E-state index in [2.05, 4.69) is 19.2 Å². The summed E-state index contributed by atoms with van der Waals surface area (Å²) in [6, 6.07) is 16.6. The summed E-state index contributed by atoms with van der Waals surface area (Å²) in [7, 11) is 0. The van der Waals surface area contributed by atoms with Crippen molar-refractivity contribution >= 4 is 46.6 Å². The van der Waals surface area contributed by atoms with E-state index in [1.54, 1.807) is 36.4 Å². The molecule has 1 fully saturated rings. The quantitative estimate of drug-likeness (QED) is 0.192. The molecule has 0 bridgehead atoms. The summed E-state index contributed by atoms with van der Waals surface area (Å²) in [5, 5.41) is 13.8. The van der Waals surface area contributed by atoms with Crippen LogP contribution in [0.15, 0.2) is 70.7 Å². The summed E-state index contributed by atoms with van der Waals surface area (Å²) in [5.41, 5.74) is 1.64. The number of amides is 2. The lowest BCUT2D eigenvalue weighted by Gasteiger charge is -2.29. The van der Waals surface area contributed by atoms with E-state index in [1.807, 2.05) is 12.1 Å². The number of carbonyl (C=O) groups excluding carboxylic acids is 2. The van der Waals surface area contributed by atoms with E-state index in [1.165, 1.54) is 23.1 Å². The Morgan fingerprint density at radius 1 is 1.06 bits per heavy atom. The lowest BCUT2D eigenvalue weighted by molar-refractivity contribution is -0.384. The molecule has 0 unspecified atom stereocenters. The molecule has 4 rings (SSSR count). The van der Waals surface area contributed by atoms with Crippen molar-refractivity contribution in [2.75, 3.05) is 4.90 Å². The third-order valence-corrected chi connectivity index (χ3v) is 5.48. The molecule has 0 spiro atoms. The Hall–Kier alpha value is -4.11. The maximum atomic E-state index is 13.2. The van der Waals surface area contributed by atoms with Gasteiger partial charge in [-0.2, -0.15) is 0 Å². The number of nitro benzene ring substituents is 1. The second-order valence-electron chi connectivity index (χ2n) is 7.68. The number of nitro groups is 1. The molecule has 1 aliphatic heterocycles. The molecule has 0 radical (unpaired) electrons. The van der Waals surface area contributed by atoms with Gasteiger partial charge in [0, 0.05) is 6.07 Å². The number of para-hydroxylation sites is 1. The zero-order valence-electron chi connectivity index (χ0n) is 17.8. The molecule has 2 aromatic carbocycles. The molecule has 0 atom stereocenters. The average molecular weight is 461 g/mol. The molecule has 8 nitrogen and oxygen atoms in total. The van der Waals surface area contributed by atoms with Gasteiger partial charge in [0.25, 0.3) is 17.5 Å². The summed E-state index contributed by atoms with van der Waals surface area (Å²) in [6.07, 6.45) is 1.30. The summed E-state index contributed by atoms with van der Waals surface area (Å²) in [5.74, 6) is -0.473. The second kappa shape index (κ2) is 8.79. The Bertz CT molecular complexity index is 1310. The van der Waals surface area contributed by atoms with Crippen molar-refractivity contribution in [3.05, 3.63) is 87.7 Å². The number of rotatable bonds is 5. The van der Waals surface area contributed by atoms with E-state index in [0.717, 1.165) is 5.56 Å². The van der Waals surface area contributed by atoms with Gasteiger partial charge >= 0.3 is 0 Å². The summed E-state index contributed by atoms with van der Waals surface area (Å²) in [4.78, 5) is 37.7. The first-order chi connectivity index (χ1) is 15.8. The molecule has 1 saturated heterocycles. The van der Waals surface area contributed by atoms with Gasteiger partial charge in [0.1, 0.15) is 17.1 Å². The minimum absolute atomic E-state index is 0.0144. The smallest absolute Gasteiger partial charge is 0.280 e. The van der Waals surface area contributed by atoms with Crippen LogP contribution in [0, 0.1) is 10.1 Å². The third-order valence-electron chi connectivity index (χ3n) is 5.20. The topological polar surface area (TPSA) is 106 Å². The van der Waals surface area contributed by atoms with Crippen LogP contribution in [-0.2, 0) is 9.59 Å². The molecule has 1 aliphatic rings. The second-order valence-corrected chi connectivity index (χ2v) is 8.07. The van der Waals surface area contributed by atoms with Crippen molar-refractivity contribution in [1.29, 1.82) is 0 Å². The molecule has 2 amide bonds. The Labute approximate surface area is 194 Å². The van der Waals surface area contributed by atoms with Crippen LogP contribution in [0.1, 0.15) is 31.1 Å². The van der Waals surface area contributed by atoms with Gasteiger partial charge in [0.15, 0.2) is 5.11 Å². The predicted molar refractivity (Wildman–Crippen MR) is 128 cm³/mol. The fourth-order valence-electron chi connectivity index (χ4n) is 3.46. The van der Waals surface area contributed by atoms with Gasteiger partial charge in [-0.3, -0.25) is 29.9 Å². The number of furan rings is 1. The first kappa shape index (κ1) is 22.1. The Morgan fingerprint density at radius 2 is 1.76 bits per heavy atom. The largest absolute Gasteiger partial charge is 0.456 e. The Balaban J connectivity index is 1.67. The van der Waals surface area contributed by atoms with Gasteiger partial charge in [0.05, 0.1) is 16.2 Å². The Kier molecular flexibility index (Phi) is 5.89. The molecule has 3 aromatic rings. The van der Waals surface area contributed by atoms with Crippen molar-refractivity contribution in [1.82, 2.24) is 5.32 Å². The number of hydrogen-bond donors (Lipinski definition) is 1. The molecular formula is C24H19N3O5S. The number of thiocarbonyl (C=S) groups is 1. The molecule has 0 aliphatic carbocycles. The highest BCUT2D eigenvalue weighted by Gasteiger charge is 2.34. The maximum absolute atomic E-state index is 13.2. The highest BCUT2D eigenvalue weighted by atomic mass is 32.1. The van der Waals surface area contributed by atoms with Crippen LogP contribution < -0.4 is 10.2 Å². The summed E-state index contributed by atoms with van der Waals surface area (Å²) >= 11 is 5.23. The zero-order valence-corrected chi connectivity index (χ0v) is 18.6. The molecule has 1 aromatic heterocycles. The standard InChI is InChI=1S/C24H19N3O5S/c1-14(2)15-7-9-16(10-8-15)26-23(29)19(22(28)25-24(26)33)13-17-11-12-21(32-17)18-5-3-4-6-20(18)27(30)31/h3-14H,1-2H3,(H,25,28,33)/b19-13-. The van der Waals surface area contributed by atoms with Crippen LogP contribution >= 0.6 is 12.2 Å². The molecule has 33 heavy (non-hydrogen) atoms. The number of nitrogens with one attached hydrogen (secondary N) is 1. The van der Waals surface area contributed by atoms with Crippen molar-refractivity contribution in [3.63, 3.8) is 0 Å². The van der Waals surface area contributed by atoms with Crippen LogP contribution in [0.25, 0.3) is 17.4 Å². The first-order valence-corrected chi connectivity index (χ1v) is 10.5. The highest BCUT2D eigenvalue weighted by molar-refractivity contribution is 7.80. The van der Waals surface area contributed by atoms with Crippen molar-refractivity contribution in [3.8, 4) is 11.3 Å². The lowest BCUT2D eigenvalue weighted by atomic mass is 10.0. The normalized spacial score (nSPS) is 15.3. The van der Waals surface area contributed by atoms with E-state index in [0.29, 0.717) is 17.2 Å². The lowest BCUT2D eigenvalue weighted by Crippen LogP contribution is -2.54. The van der Waals surface area contributed by atoms with E-state index < -0.39 is 16.7 Å². The van der Waals surface area contributed by atoms with Gasteiger partial charge in [-0.25, -0.2) is 0 Å². The zero-order chi connectivity index (χ0) is 23.7. The SMILES string of the molecule is CC(C)c1ccc(N2C(=O)/C(=C\c3ccc(-c4ccccc4[N+](=O)[O-])o3)C(=O)NC2=S)cc1. The van der Waals surface area contributed by atoms with Gasteiger partial charge in [-0.15, -0.1) is 0 Å². The van der Waals surface area contributed by atoms with Crippen LogP contribution in [0.4, 0.5) is 11.4 Å². The maximum Gasteiger partial charge on any atom is 0.280 e. The van der Waals surface area contributed by atoms with E-state index in [9.17, 15) is 19.7 Å². The molecule has 0 saturated carbocycles. The number of benzene rings is 2. The third kappa shape index (κ3) is 4.31. The van der Waals surface area contributed by atoms with Crippen LogP contribution in [0.5, 0.6) is 0 Å². The average Bonchev–Trinajstić information content (AvgIpc) is 3.25. The van der Waals surface area contributed by atoms with Crippen LogP contribution in [0.3, 0.4) is 0 Å². The predicted octanol–water partition coefficient (Wildman–Crippen LogP) is 4.81. The molecular weight excluding hydrogens is 442 g/mol. The Morgan fingerprint density at radius 3 is 2.42 bits per heavy atom. The summed E-state index contributed by atoms with van der Waals surface area (Å²) in [6.45, 7) is 4.13. The van der Waals surface area contributed by atoms with Gasteiger partial charge in [-0.05, 0) is 60.1 Å². The van der Waals surface area contributed by atoms with E-state index in [4.69, 9.17) is 16.6 Å². The van der Waals surface area contributed by atoms with E-state index >= 15 is 0 Å². The minimum Gasteiger partial charge on any atom is -0.456 e. The van der Waals surface area contributed by atoms with Gasteiger partial charge in [-0.1, -0.05) is 38.1 Å². The monoisotopic (exact) mass is 461 g/mol. The van der Waals surface area contributed by atoms with Crippen LogP contribution in [-0.4, -0.2) is 21.9 Å². The fraction of sp³-hybridized carbons (Fsp3) is 0.125. The molecule has 9 heteroatoms. The van der Waals surface area contributed by atoms with Crippen LogP contribution in [0.2, 0.25) is 0 Å². The molecule has 166 valence electrons. The summed E-state index contributed by atoms with van der Waals surface area (Å²) < 4.78 is 5.71. The number of carbonyl (C=O) groups is 2. The fourth-order valence-corrected chi connectivity index (χ4v) is 3.74. The van der Waals surface area contributed by atoms with Crippen molar-refractivity contribution < 1.29 is 18.9 Å². The van der Waals surface area contributed by atoms with Crippen molar-refractivity contribution in [2.45, 2.75) is 19.8 Å². The van der Waals surface area contributed by atoms with Gasteiger partial charge in [0.2, 0.25) is 0 Å².